The van der Waals surface area contributed by atoms with Crippen molar-refractivity contribution in [2.45, 2.75) is 51.2 Å². The minimum absolute atomic E-state index is 0.0184. The van der Waals surface area contributed by atoms with E-state index in [9.17, 15) is 4.79 Å². The van der Waals surface area contributed by atoms with Crippen molar-refractivity contribution >= 4 is 5.91 Å². The average Bonchev–Trinajstić information content (AvgIpc) is 3.04. The molecule has 0 spiro atoms. The van der Waals surface area contributed by atoms with Gasteiger partial charge in [0.2, 0.25) is 5.91 Å². The molecule has 1 saturated carbocycles. The van der Waals surface area contributed by atoms with E-state index in [1.165, 1.54) is 0 Å². The zero-order valence-electron chi connectivity index (χ0n) is 13.6. The molecular weight excluding hydrogens is 280 g/mol. The van der Waals surface area contributed by atoms with Crippen molar-refractivity contribution in [3.8, 4) is 0 Å². The zero-order valence-corrected chi connectivity index (χ0v) is 13.6. The predicted octanol–water partition coefficient (Wildman–Crippen LogP) is 1.33. The molecule has 1 aromatic heterocycles. The fourth-order valence-corrected chi connectivity index (χ4v) is 2.97. The first-order valence-electron chi connectivity index (χ1n) is 8.21. The lowest BCUT2D eigenvalue weighted by molar-refractivity contribution is -0.137. The second-order valence-electron chi connectivity index (χ2n) is 6.20. The number of rotatable bonds is 7. The second-order valence-corrected chi connectivity index (χ2v) is 6.20. The number of ether oxygens (including phenoxy) is 1. The normalized spacial score (nSPS) is 25.1. The molecule has 1 aliphatic carbocycles. The van der Waals surface area contributed by atoms with Crippen molar-refractivity contribution in [2.75, 3.05) is 20.2 Å². The monoisotopic (exact) mass is 308 g/mol. The minimum atomic E-state index is 0.0184. The van der Waals surface area contributed by atoms with Crippen molar-refractivity contribution in [1.29, 1.82) is 0 Å². The number of nitrogens with zero attached hydrogens (tertiary/aromatic N) is 2. The van der Waals surface area contributed by atoms with E-state index >= 15 is 0 Å². The number of carbonyl (C=O) groups is 1. The number of carbonyl (C=O) groups excluding carboxylic acids is 1. The predicted molar refractivity (Wildman–Crippen MR) is 85.3 cm³/mol. The number of hydrogen-bond acceptors (Lipinski definition) is 4. The molecule has 0 aromatic carbocycles. The van der Waals surface area contributed by atoms with Gasteiger partial charge in [-0.2, -0.15) is 5.10 Å². The molecule has 0 bridgehead atoms. The lowest BCUT2D eigenvalue weighted by Crippen LogP contribution is -2.46. The zero-order chi connectivity index (χ0) is 15.9. The highest BCUT2D eigenvalue weighted by atomic mass is 16.5. The molecule has 6 nitrogen and oxygen atoms in total. The van der Waals surface area contributed by atoms with Crippen LogP contribution >= 0.6 is 0 Å². The number of nitrogens with one attached hydrogen (secondary N) is 1. The Bertz CT molecular complexity index is 449. The van der Waals surface area contributed by atoms with E-state index in [-0.39, 0.29) is 24.0 Å². The molecule has 1 amide bonds. The summed E-state index contributed by atoms with van der Waals surface area (Å²) >= 11 is 0. The molecular formula is C16H28N4O2. The molecule has 0 radical (unpaired) electrons. The van der Waals surface area contributed by atoms with E-state index in [4.69, 9.17) is 10.5 Å². The van der Waals surface area contributed by atoms with Crippen molar-refractivity contribution < 1.29 is 9.53 Å². The standard InChI is InChI=1S/C16H28N4O2/c1-3-8-22-15-9-13(4-5-14(15)17)16(21)20(2)7-6-12-10-18-19-11-12/h10-11,13-15H,3-9,17H2,1-2H3,(H,18,19)/t13-,14+,15+/m0/s1. The number of aromatic amines is 1. The topological polar surface area (TPSA) is 84.2 Å². The van der Waals surface area contributed by atoms with Gasteiger partial charge in [-0.1, -0.05) is 6.92 Å². The smallest absolute Gasteiger partial charge is 0.225 e. The number of hydrogen-bond donors (Lipinski definition) is 2. The van der Waals surface area contributed by atoms with Crippen LogP contribution < -0.4 is 5.73 Å². The van der Waals surface area contributed by atoms with Crippen LogP contribution in [0.3, 0.4) is 0 Å². The van der Waals surface area contributed by atoms with Crippen LogP contribution in [0.5, 0.6) is 0 Å². The SMILES string of the molecule is CCCO[C@@H]1C[C@@H](C(=O)N(C)CCc2cn[nH]c2)CC[C@H]1N. The Morgan fingerprint density at radius 2 is 2.36 bits per heavy atom. The molecule has 3 atom stereocenters. The fourth-order valence-electron chi connectivity index (χ4n) is 2.97. The van der Waals surface area contributed by atoms with Gasteiger partial charge in [0.1, 0.15) is 0 Å². The Morgan fingerprint density at radius 3 is 3.05 bits per heavy atom. The third-order valence-corrected chi connectivity index (χ3v) is 4.40. The highest BCUT2D eigenvalue weighted by molar-refractivity contribution is 5.78. The largest absolute Gasteiger partial charge is 0.377 e. The number of likely N-dealkylation sites (N-methyl/N-ethyl adjacent to an activating group) is 1. The molecule has 1 aliphatic rings. The summed E-state index contributed by atoms with van der Waals surface area (Å²) in [5.74, 6) is 0.247. The molecule has 1 heterocycles. The third-order valence-electron chi connectivity index (χ3n) is 4.40. The molecule has 3 N–H and O–H groups in total. The van der Waals surface area contributed by atoms with E-state index in [2.05, 4.69) is 17.1 Å². The Balaban J connectivity index is 1.82. The van der Waals surface area contributed by atoms with Crippen molar-refractivity contribution in [3.05, 3.63) is 18.0 Å². The highest BCUT2D eigenvalue weighted by Gasteiger charge is 2.33. The van der Waals surface area contributed by atoms with Crippen molar-refractivity contribution in [3.63, 3.8) is 0 Å². The lowest BCUT2D eigenvalue weighted by Gasteiger charge is -2.35. The number of nitrogens with two attached hydrogens (primary N) is 1. The quantitative estimate of drug-likeness (QED) is 0.796. The first kappa shape index (κ1) is 17.0. The van der Waals surface area contributed by atoms with Crippen LogP contribution in [-0.4, -0.2) is 53.3 Å². The van der Waals surface area contributed by atoms with E-state index < -0.39 is 0 Å². The van der Waals surface area contributed by atoms with Crippen LogP contribution in [0, 0.1) is 5.92 Å². The Labute approximate surface area is 132 Å². The van der Waals surface area contributed by atoms with Gasteiger partial charge in [-0.3, -0.25) is 9.89 Å². The molecule has 124 valence electrons. The van der Waals surface area contributed by atoms with Gasteiger partial charge in [0, 0.05) is 38.4 Å². The second kappa shape index (κ2) is 8.29. The van der Waals surface area contributed by atoms with Gasteiger partial charge in [-0.05, 0) is 37.7 Å². The van der Waals surface area contributed by atoms with E-state index in [1.807, 2.05) is 18.1 Å². The van der Waals surface area contributed by atoms with Gasteiger partial charge in [0.25, 0.3) is 0 Å². The van der Waals surface area contributed by atoms with Gasteiger partial charge < -0.3 is 15.4 Å². The summed E-state index contributed by atoms with van der Waals surface area (Å²) in [5, 5.41) is 6.72. The maximum atomic E-state index is 12.6. The van der Waals surface area contributed by atoms with Crippen LogP contribution in [0.15, 0.2) is 12.4 Å². The van der Waals surface area contributed by atoms with Crippen LogP contribution in [0.1, 0.15) is 38.2 Å². The summed E-state index contributed by atoms with van der Waals surface area (Å²) < 4.78 is 5.82. The van der Waals surface area contributed by atoms with Crippen LogP contribution in [0.2, 0.25) is 0 Å². The summed E-state index contributed by atoms with van der Waals surface area (Å²) in [4.78, 5) is 14.4. The van der Waals surface area contributed by atoms with Gasteiger partial charge in [-0.15, -0.1) is 0 Å². The van der Waals surface area contributed by atoms with Crippen molar-refractivity contribution in [1.82, 2.24) is 15.1 Å². The van der Waals surface area contributed by atoms with Gasteiger partial charge in [-0.25, -0.2) is 0 Å². The fraction of sp³-hybridized carbons (Fsp3) is 0.750. The molecule has 2 rings (SSSR count). The molecule has 0 saturated heterocycles. The summed E-state index contributed by atoms with van der Waals surface area (Å²) in [6.07, 6.45) is 7.95. The van der Waals surface area contributed by atoms with Crippen LogP contribution in [0.25, 0.3) is 0 Å². The maximum absolute atomic E-state index is 12.6. The van der Waals surface area contributed by atoms with Gasteiger partial charge in [0.15, 0.2) is 0 Å². The summed E-state index contributed by atoms with van der Waals surface area (Å²) in [6, 6.07) is 0.0619. The molecule has 1 fully saturated rings. The van der Waals surface area contributed by atoms with E-state index in [0.717, 1.165) is 44.3 Å². The van der Waals surface area contributed by atoms with E-state index in [0.29, 0.717) is 6.54 Å². The molecule has 1 aromatic rings. The maximum Gasteiger partial charge on any atom is 0.225 e. The Hall–Kier alpha value is -1.40. The first-order chi connectivity index (χ1) is 10.6. The highest BCUT2D eigenvalue weighted by Crippen LogP contribution is 2.27. The summed E-state index contributed by atoms with van der Waals surface area (Å²) in [5.41, 5.74) is 7.24. The summed E-state index contributed by atoms with van der Waals surface area (Å²) in [7, 11) is 1.87. The molecule has 0 aliphatic heterocycles. The number of H-pyrrole nitrogens is 1. The molecule has 0 unspecified atom stereocenters. The lowest BCUT2D eigenvalue weighted by atomic mass is 9.83. The van der Waals surface area contributed by atoms with Gasteiger partial charge in [0.05, 0.1) is 12.3 Å². The Morgan fingerprint density at radius 1 is 1.55 bits per heavy atom. The first-order valence-corrected chi connectivity index (χ1v) is 8.21. The Kier molecular flexibility index (Phi) is 6.39. The van der Waals surface area contributed by atoms with Crippen LogP contribution in [0.4, 0.5) is 0 Å². The van der Waals surface area contributed by atoms with E-state index in [1.54, 1.807) is 6.20 Å². The van der Waals surface area contributed by atoms with Crippen LogP contribution in [-0.2, 0) is 16.0 Å². The third kappa shape index (κ3) is 4.55. The van der Waals surface area contributed by atoms with Gasteiger partial charge >= 0.3 is 0 Å². The number of amides is 1. The minimum Gasteiger partial charge on any atom is -0.377 e. The van der Waals surface area contributed by atoms with Crippen molar-refractivity contribution in [2.24, 2.45) is 11.7 Å². The molecule has 22 heavy (non-hydrogen) atoms. The summed E-state index contributed by atoms with van der Waals surface area (Å²) in [6.45, 7) is 3.51. The molecule has 6 heteroatoms. The average molecular weight is 308 g/mol. The number of aromatic nitrogens is 2.